The van der Waals surface area contributed by atoms with Gasteiger partial charge in [0.05, 0.1) is 24.0 Å². The molecular formula is C12H23Ac4N2O6S-. The Bertz CT molecular complexity index is 365. The molecule has 1 saturated heterocycles. The van der Waals surface area contributed by atoms with Crippen LogP contribution in [0.5, 0.6) is 0 Å². The number of nitrogens with one attached hydrogen (secondary N) is 2. The Morgan fingerprint density at radius 3 is 2.16 bits per heavy atom. The molecule has 5 atom stereocenters. The first-order valence-corrected chi connectivity index (χ1v) is 7.62. The third-order valence-corrected chi connectivity index (χ3v) is 3.79. The van der Waals surface area contributed by atoms with Gasteiger partial charge in [0.15, 0.2) is 0 Å². The summed E-state index contributed by atoms with van der Waals surface area (Å²) in [5.41, 5.74) is 6.41. The second kappa shape index (κ2) is 18.7. The van der Waals surface area contributed by atoms with Crippen LogP contribution in [0.4, 0.5) is 4.79 Å². The average molecular weight is 1230 g/mol. The second-order valence-corrected chi connectivity index (χ2v) is 6.81. The molecule has 1 fully saturated rings. The summed E-state index contributed by atoms with van der Waals surface area (Å²) in [6, 6.07) is -1.08. The molecule has 0 aromatic heterocycles. The van der Waals surface area contributed by atoms with E-state index in [2.05, 4.69) is 5.32 Å². The Labute approximate surface area is 296 Å². The molecule has 1 aliphatic heterocycles. The van der Waals surface area contributed by atoms with Crippen LogP contribution >= 0.6 is 11.8 Å². The first-order chi connectivity index (χ1) is 9.65. The number of aliphatic hydroxyl groups is 3. The van der Waals surface area contributed by atoms with Crippen molar-refractivity contribution in [2.45, 2.75) is 56.2 Å². The topological polar surface area (TPSA) is 132 Å². The molecule has 4 radical (unpaired) electrons. The van der Waals surface area contributed by atoms with Gasteiger partial charge in [-0.3, -0.25) is 0 Å². The van der Waals surface area contributed by atoms with E-state index in [0.29, 0.717) is 0 Å². The zero-order valence-corrected chi connectivity index (χ0v) is 34.4. The van der Waals surface area contributed by atoms with E-state index in [1.807, 2.05) is 0 Å². The second-order valence-electron chi connectivity index (χ2n) is 5.72. The normalized spacial score (nSPS) is 28.2. The van der Waals surface area contributed by atoms with Crippen molar-refractivity contribution in [2.75, 3.05) is 12.5 Å². The number of aliphatic hydroxyl groups excluding tert-OH is 3. The zero-order valence-electron chi connectivity index (χ0n) is 14.6. The number of hydrogen-bond donors (Lipinski definition) is 4. The number of thioether (sulfide) groups is 1. The Kier molecular flexibility index (Phi) is 28.1. The van der Waals surface area contributed by atoms with E-state index in [1.165, 1.54) is 0 Å². The SMILES string of the molecule is CC(C)(C)OC(=O)NCS[C@@H]1OC(CO)[C@H](O)C(O)C1[NH-].[Ac].[Ac].[Ac].[Ac]. The maximum absolute atomic E-state index is 11.5. The van der Waals surface area contributed by atoms with Crippen LogP contribution in [-0.4, -0.2) is 69.3 Å². The molecule has 0 aromatic rings. The number of carbonyl (C=O) groups excluding carboxylic acids is 1. The fourth-order valence-corrected chi connectivity index (χ4v) is 2.68. The summed E-state index contributed by atoms with van der Waals surface area (Å²) in [5.74, 6) is 0.121. The average Bonchev–Trinajstić information content (AvgIpc) is 2.36. The molecule has 25 heavy (non-hydrogen) atoms. The summed E-state index contributed by atoms with van der Waals surface area (Å²) in [6.07, 6.45) is -4.14. The van der Waals surface area contributed by atoms with E-state index in [4.69, 9.17) is 20.3 Å². The van der Waals surface area contributed by atoms with Gasteiger partial charge in [0.2, 0.25) is 0 Å². The summed E-state index contributed by atoms with van der Waals surface area (Å²) in [5, 5.41) is 30.9. The first-order valence-electron chi connectivity index (χ1n) is 6.57. The van der Waals surface area contributed by atoms with Crippen molar-refractivity contribution in [1.29, 1.82) is 0 Å². The van der Waals surface area contributed by atoms with Gasteiger partial charge in [-0.1, -0.05) is 6.04 Å². The summed E-state index contributed by atoms with van der Waals surface area (Å²) in [4.78, 5) is 11.5. The van der Waals surface area contributed by atoms with Crippen LogP contribution < -0.4 is 5.32 Å². The summed E-state index contributed by atoms with van der Waals surface area (Å²) < 4.78 is 10.4. The molecule has 136 valence electrons. The van der Waals surface area contributed by atoms with Crippen molar-refractivity contribution in [2.24, 2.45) is 0 Å². The van der Waals surface area contributed by atoms with E-state index in [-0.39, 0.29) is 182 Å². The van der Waals surface area contributed by atoms with Crippen molar-refractivity contribution in [3.8, 4) is 0 Å². The minimum Gasteiger partial charge on any atom is -0.670 e. The third-order valence-electron chi connectivity index (χ3n) is 2.74. The molecule has 3 unspecified atom stereocenters. The molecule has 0 saturated carbocycles. The van der Waals surface area contributed by atoms with Crippen LogP contribution in [0.2, 0.25) is 0 Å². The number of hydrogen-bond acceptors (Lipinski definition) is 7. The summed E-state index contributed by atoms with van der Waals surface area (Å²) >= 11 is 1.08. The molecule has 13 heteroatoms. The summed E-state index contributed by atoms with van der Waals surface area (Å²) in [7, 11) is 0. The van der Waals surface area contributed by atoms with Crippen molar-refractivity contribution in [1.82, 2.24) is 5.32 Å². The Morgan fingerprint density at radius 2 is 1.72 bits per heavy atom. The van der Waals surface area contributed by atoms with Crippen molar-refractivity contribution < 1.29 is 206 Å². The molecule has 0 aliphatic carbocycles. The molecule has 0 spiro atoms. The van der Waals surface area contributed by atoms with Crippen LogP contribution in [0, 0.1) is 176 Å². The van der Waals surface area contributed by atoms with Crippen LogP contribution in [-0.2, 0) is 9.47 Å². The first kappa shape index (κ1) is 37.5. The minimum absolute atomic E-state index is 0. The fraction of sp³-hybridized carbons (Fsp3) is 0.917. The molecular weight excluding hydrogens is 1210 g/mol. The molecule has 0 aromatic carbocycles. The van der Waals surface area contributed by atoms with Gasteiger partial charge in [0.1, 0.15) is 17.8 Å². The third kappa shape index (κ3) is 14.8. The van der Waals surface area contributed by atoms with Gasteiger partial charge in [-0.2, -0.15) is 0 Å². The Hall–Kier alpha value is 5.19. The molecule has 1 amide bonds. The Balaban J connectivity index is -0.000000551. The number of alkyl carbamates (subject to hydrolysis) is 1. The molecule has 5 N–H and O–H groups in total. The maximum atomic E-state index is 11.5. The van der Waals surface area contributed by atoms with Gasteiger partial charge in [-0.15, -0.1) is 11.8 Å². The van der Waals surface area contributed by atoms with Crippen molar-refractivity contribution in [3.05, 3.63) is 5.73 Å². The number of amides is 1. The molecule has 0 bridgehead atoms. The monoisotopic (exact) mass is 1230 g/mol. The predicted octanol–water partition coefficient (Wildman–Crippen LogP) is 0.0616. The van der Waals surface area contributed by atoms with Crippen LogP contribution in [0.3, 0.4) is 0 Å². The number of ether oxygens (including phenoxy) is 2. The quantitative estimate of drug-likeness (QED) is 0.294. The largest absolute Gasteiger partial charge is 0.670 e. The number of rotatable bonds is 4. The molecule has 1 aliphatic rings. The number of carbonyl (C=O) groups is 1. The minimum atomic E-state index is -1.31. The van der Waals surface area contributed by atoms with Crippen LogP contribution in [0.25, 0.3) is 5.73 Å². The Morgan fingerprint density at radius 1 is 1.20 bits per heavy atom. The predicted molar refractivity (Wildman–Crippen MR) is 77.7 cm³/mol. The maximum Gasteiger partial charge on any atom is 0.408 e. The van der Waals surface area contributed by atoms with Crippen molar-refractivity contribution in [3.63, 3.8) is 0 Å². The van der Waals surface area contributed by atoms with Gasteiger partial charge in [0.25, 0.3) is 0 Å². The fourth-order valence-electron chi connectivity index (χ4n) is 1.72. The van der Waals surface area contributed by atoms with Gasteiger partial charge in [-0.05, 0) is 20.8 Å². The summed E-state index contributed by atoms with van der Waals surface area (Å²) in [6.45, 7) is 4.77. The van der Waals surface area contributed by atoms with Crippen LogP contribution in [0.1, 0.15) is 20.8 Å². The smallest absolute Gasteiger partial charge is 0.408 e. The van der Waals surface area contributed by atoms with Gasteiger partial charge in [0, 0.05) is 176 Å². The van der Waals surface area contributed by atoms with E-state index in [9.17, 15) is 15.0 Å². The van der Waals surface area contributed by atoms with E-state index in [1.54, 1.807) is 20.8 Å². The zero-order chi connectivity index (χ0) is 16.2. The van der Waals surface area contributed by atoms with Gasteiger partial charge in [-0.25, -0.2) is 4.79 Å². The standard InChI is InChI=1S/C12H23N2O6S.4Ac/c1-12(2,3)20-11(18)14-5-21-10-7(13)9(17)8(16)6(4-15)19-10;;;;/h6-10,13,15-17H,4-5H2,1-3H3,(H,14,18);;;;/q-1;;;;/t6?,7?,8-,9?,10-;;;;/m0..../s1. The molecule has 8 nitrogen and oxygen atoms in total. The van der Waals surface area contributed by atoms with E-state index < -0.39 is 48.1 Å². The van der Waals surface area contributed by atoms with E-state index >= 15 is 0 Å². The van der Waals surface area contributed by atoms with E-state index in [0.717, 1.165) is 11.8 Å². The van der Waals surface area contributed by atoms with Gasteiger partial charge >= 0.3 is 6.09 Å². The van der Waals surface area contributed by atoms with Crippen LogP contribution in [0.15, 0.2) is 0 Å². The molecule has 1 rings (SSSR count). The molecule has 1 heterocycles. The van der Waals surface area contributed by atoms with Gasteiger partial charge < -0.3 is 35.8 Å². The van der Waals surface area contributed by atoms with Crippen molar-refractivity contribution >= 4 is 17.9 Å².